The maximum atomic E-state index is 17.1. The summed E-state index contributed by atoms with van der Waals surface area (Å²) in [4.78, 5) is 39.1. The van der Waals surface area contributed by atoms with Gasteiger partial charge in [0, 0.05) is 43.2 Å². The number of likely N-dealkylation sites (tertiary alicyclic amines) is 1. The SMILES string of the molecule is CC(C)(C)OC(=O)N1CCN(c2nc(OC[C@@H]3CCCN3CCCCOCC(=O)O)nc3c(F)c(-c4cc(O)cc5ccccc45)c(Cl)cc23)C[C@@H]1CC#N. The molecular weight excluding hydrogens is 731 g/mol. The maximum absolute atomic E-state index is 17.1. The quantitative estimate of drug-likeness (QED) is 0.134. The Morgan fingerprint density at radius 3 is 2.64 bits per heavy atom. The minimum absolute atomic E-state index is 0.0251. The average Bonchev–Trinajstić information content (AvgIpc) is 3.58. The van der Waals surface area contributed by atoms with E-state index >= 15 is 4.39 Å². The minimum Gasteiger partial charge on any atom is -0.508 e. The van der Waals surface area contributed by atoms with Crippen molar-refractivity contribution < 1.29 is 38.4 Å². The van der Waals surface area contributed by atoms with E-state index < -0.39 is 29.5 Å². The van der Waals surface area contributed by atoms with E-state index in [0.717, 1.165) is 38.8 Å². The molecule has 0 unspecified atom stereocenters. The standard InChI is InChI=1S/C40H46ClFN6O7/c1-40(2,3)55-39(52)48-17-16-47(22-26(48)12-13-43)37-31-21-32(41)34(30-20-28(49)19-25-9-4-5-11-29(25)30)35(42)36(31)44-38(45-37)54-23-27-10-8-15-46(27)14-6-7-18-53-24-33(50)51/h4-5,9,11,19-21,26-27,49H,6-8,10,12,14-18,22-24H2,1-3H3,(H,50,51)/t26-,27-/m0/s1. The first kappa shape index (κ1) is 39.7. The first-order valence-corrected chi connectivity index (χ1v) is 18.9. The zero-order valence-electron chi connectivity index (χ0n) is 31.3. The van der Waals surface area contributed by atoms with Crippen LogP contribution in [-0.2, 0) is 14.3 Å². The number of aromatic hydroxyl groups is 1. The summed E-state index contributed by atoms with van der Waals surface area (Å²) in [5.74, 6) is -1.39. The summed E-state index contributed by atoms with van der Waals surface area (Å²) < 4.78 is 34.2. The van der Waals surface area contributed by atoms with E-state index in [9.17, 15) is 20.0 Å². The molecule has 2 saturated heterocycles. The number of aromatic nitrogens is 2. The summed E-state index contributed by atoms with van der Waals surface area (Å²) in [6.45, 7) is 8.06. The van der Waals surface area contributed by atoms with Crippen LogP contribution in [0.2, 0.25) is 5.02 Å². The first-order chi connectivity index (χ1) is 26.3. The van der Waals surface area contributed by atoms with E-state index in [1.807, 2.05) is 29.2 Å². The lowest BCUT2D eigenvalue weighted by Crippen LogP contribution is -2.56. The van der Waals surface area contributed by atoms with Crippen molar-refractivity contribution in [1.82, 2.24) is 19.8 Å². The highest BCUT2D eigenvalue weighted by molar-refractivity contribution is 6.35. The number of ether oxygens (including phenoxy) is 3. The monoisotopic (exact) mass is 776 g/mol. The fourth-order valence-electron chi connectivity index (χ4n) is 7.33. The third kappa shape index (κ3) is 9.47. The van der Waals surface area contributed by atoms with Crippen LogP contribution in [0.5, 0.6) is 11.8 Å². The van der Waals surface area contributed by atoms with Crippen LogP contribution in [0.15, 0.2) is 42.5 Å². The van der Waals surface area contributed by atoms with Crippen molar-refractivity contribution in [1.29, 1.82) is 5.26 Å². The molecule has 1 aromatic heterocycles. The minimum atomic E-state index is -0.993. The van der Waals surface area contributed by atoms with Gasteiger partial charge < -0.3 is 34.2 Å². The molecule has 2 atom stereocenters. The molecule has 0 bridgehead atoms. The predicted molar refractivity (Wildman–Crippen MR) is 206 cm³/mol. The number of benzene rings is 3. The zero-order valence-corrected chi connectivity index (χ0v) is 32.0. The number of hydrogen-bond acceptors (Lipinski definition) is 11. The normalized spacial score (nSPS) is 17.8. The van der Waals surface area contributed by atoms with Gasteiger partial charge in [-0.2, -0.15) is 15.2 Å². The lowest BCUT2D eigenvalue weighted by molar-refractivity contribution is -0.142. The van der Waals surface area contributed by atoms with E-state index in [-0.39, 0.29) is 66.6 Å². The molecule has 2 aliphatic rings. The van der Waals surface area contributed by atoms with Gasteiger partial charge in [-0.3, -0.25) is 4.90 Å². The number of amides is 1. The van der Waals surface area contributed by atoms with Crippen LogP contribution in [-0.4, -0.2) is 112 Å². The second-order valence-electron chi connectivity index (χ2n) is 14.9. The van der Waals surface area contributed by atoms with Crippen LogP contribution in [0, 0.1) is 17.1 Å². The molecule has 0 spiro atoms. The highest BCUT2D eigenvalue weighted by Crippen LogP contribution is 2.43. The van der Waals surface area contributed by atoms with Crippen LogP contribution in [0.4, 0.5) is 15.0 Å². The molecule has 2 aliphatic heterocycles. The Balaban J connectivity index is 1.34. The smallest absolute Gasteiger partial charge is 0.410 e. The van der Waals surface area contributed by atoms with Crippen LogP contribution in [0.1, 0.15) is 52.9 Å². The number of aliphatic carboxylic acids is 1. The van der Waals surface area contributed by atoms with Crippen LogP contribution < -0.4 is 9.64 Å². The summed E-state index contributed by atoms with van der Waals surface area (Å²) in [7, 11) is 0. The number of phenolic OH excluding ortho intramolecular Hbond substituents is 1. The number of carboxylic acids is 1. The van der Waals surface area contributed by atoms with Gasteiger partial charge in [0.05, 0.1) is 23.6 Å². The number of nitrogens with zero attached hydrogens (tertiary/aromatic N) is 6. The number of anilines is 1. The second kappa shape index (κ2) is 17.2. The molecule has 15 heteroatoms. The van der Waals surface area contributed by atoms with Crippen molar-refractivity contribution in [3.8, 4) is 29.0 Å². The zero-order chi connectivity index (χ0) is 39.3. The van der Waals surface area contributed by atoms with Crippen LogP contribution in [0.3, 0.4) is 0 Å². The highest BCUT2D eigenvalue weighted by Gasteiger charge is 2.35. The number of carbonyl (C=O) groups is 2. The summed E-state index contributed by atoms with van der Waals surface area (Å²) in [5.41, 5.74) is -0.276. The molecule has 0 aliphatic carbocycles. The molecule has 6 rings (SSSR count). The average molecular weight is 777 g/mol. The van der Waals surface area contributed by atoms with E-state index in [2.05, 4.69) is 16.0 Å². The third-order valence-electron chi connectivity index (χ3n) is 9.81. The van der Waals surface area contributed by atoms with Gasteiger partial charge in [0.15, 0.2) is 5.82 Å². The topological polar surface area (TPSA) is 162 Å². The van der Waals surface area contributed by atoms with Gasteiger partial charge in [0.1, 0.15) is 35.9 Å². The molecule has 4 aromatic rings. The van der Waals surface area contributed by atoms with E-state index in [0.29, 0.717) is 40.7 Å². The number of rotatable bonds is 13. The molecule has 55 heavy (non-hydrogen) atoms. The van der Waals surface area contributed by atoms with Crippen molar-refractivity contribution >= 4 is 51.2 Å². The Kier molecular flexibility index (Phi) is 12.4. The van der Waals surface area contributed by atoms with Gasteiger partial charge in [-0.1, -0.05) is 35.9 Å². The molecule has 1 amide bonds. The van der Waals surface area contributed by atoms with Crippen LogP contribution in [0.25, 0.3) is 32.8 Å². The van der Waals surface area contributed by atoms with E-state index in [1.54, 1.807) is 37.8 Å². The Bertz CT molecular complexity index is 2090. The molecule has 2 fully saturated rings. The molecule has 3 heterocycles. The second-order valence-corrected chi connectivity index (χ2v) is 15.3. The molecule has 2 N–H and O–H groups in total. The highest BCUT2D eigenvalue weighted by atomic mass is 35.5. The summed E-state index contributed by atoms with van der Waals surface area (Å²) in [6, 6.07) is 13.7. The predicted octanol–water partition coefficient (Wildman–Crippen LogP) is 7.01. The van der Waals surface area contributed by atoms with Crippen molar-refractivity contribution in [2.45, 2.75) is 70.6 Å². The number of nitriles is 1. The molecule has 3 aromatic carbocycles. The van der Waals surface area contributed by atoms with Crippen molar-refractivity contribution in [3.63, 3.8) is 0 Å². The van der Waals surface area contributed by atoms with E-state index in [1.165, 1.54) is 6.07 Å². The number of piperazine rings is 1. The largest absolute Gasteiger partial charge is 0.508 e. The van der Waals surface area contributed by atoms with Crippen molar-refractivity contribution in [3.05, 3.63) is 53.3 Å². The maximum Gasteiger partial charge on any atom is 0.410 e. The Labute approximate surface area is 324 Å². The number of fused-ring (bicyclic) bond motifs is 2. The van der Waals surface area contributed by atoms with Crippen LogP contribution >= 0.6 is 11.6 Å². The van der Waals surface area contributed by atoms with Gasteiger partial charge in [0.25, 0.3) is 0 Å². The van der Waals surface area contributed by atoms with Gasteiger partial charge >= 0.3 is 18.1 Å². The number of halogens is 2. The van der Waals surface area contributed by atoms with Gasteiger partial charge in [-0.25, -0.2) is 14.0 Å². The fourth-order valence-corrected chi connectivity index (χ4v) is 7.62. The molecule has 0 radical (unpaired) electrons. The number of hydrogen-bond donors (Lipinski definition) is 2. The summed E-state index contributed by atoms with van der Waals surface area (Å²) in [6.07, 6.45) is 2.93. The summed E-state index contributed by atoms with van der Waals surface area (Å²) in [5, 5.41) is 31.0. The van der Waals surface area contributed by atoms with E-state index in [4.69, 9.17) is 35.9 Å². The summed E-state index contributed by atoms with van der Waals surface area (Å²) >= 11 is 6.92. The third-order valence-corrected chi connectivity index (χ3v) is 10.1. The fraction of sp³-hybridized carbons (Fsp3) is 0.475. The number of carbonyl (C=O) groups excluding carboxylic acids is 1. The Morgan fingerprint density at radius 1 is 1.07 bits per heavy atom. The van der Waals surface area contributed by atoms with Gasteiger partial charge in [-0.05, 0) is 94.1 Å². The molecule has 292 valence electrons. The molecular formula is C40H46ClFN6O7. The number of phenols is 1. The molecule has 13 nitrogen and oxygen atoms in total. The van der Waals surface area contributed by atoms with Crippen molar-refractivity contribution in [2.24, 2.45) is 0 Å². The van der Waals surface area contributed by atoms with Gasteiger partial charge in [0.2, 0.25) is 0 Å². The lowest BCUT2D eigenvalue weighted by Gasteiger charge is -2.41. The molecule has 0 saturated carbocycles. The first-order valence-electron chi connectivity index (χ1n) is 18.5. The van der Waals surface area contributed by atoms with Crippen molar-refractivity contribution in [2.75, 3.05) is 57.4 Å². The number of carboxylic acid groups (broad SMARTS) is 1. The van der Waals surface area contributed by atoms with Gasteiger partial charge in [-0.15, -0.1) is 0 Å². The Morgan fingerprint density at radius 2 is 1.87 bits per heavy atom. The number of unbranched alkanes of at least 4 members (excludes halogenated alkanes) is 1. The Hall–Kier alpha value is -4.97. The lowest BCUT2D eigenvalue weighted by atomic mass is 9.96.